The lowest BCUT2D eigenvalue weighted by Crippen LogP contribution is -2.12. The van der Waals surface area contributed by atoms with Crippen LogP contribution in [0.2, 0.25) is 0 Å². The minimum Gasteiger partial charge on any atom is -0.462 e. The molecule has 0 spiro atoms. The number of aryl methyl sites for hydroxylation is 1. The lowest BCUT2D eigenvalue weighted by molar-refractivity contribution is -0.387. The normalized spacial score (nSPS) is 10.5. The Kier molecular flexibility index (Phi) is 6.00. The average molecular weight is 395 g/mol. The summed E-state index contributed by atoms with van der Waals surface area (Å²) in [5.41, 5.74) is 1.39. The molecule has 3 aromatic rings. The lowest BCUT2D eigenvalue weighted by atomic mass is 10.2. The molecule has 0 aliphatic rings. The number of para-hydroxylation sites is 1. The number of nitro groups is 1. The van der Waals surface area contributed by atoms with Gasteiger partial charge in [0.2, 0.25) is 0 Å². The number of carbonyl (C=O) groups is 1. The van der Waals surface area contributed by atoms with Crippen LogP contribution >= 0.6 is 11.8 Å². The molecule has 7 nitrogen and oxygen atoms in total. The van der Waals surface area contributed by atoms with Crippen molar-refractivity contribution in [2.24, 2.45) is 0 Å². The first-order chi connectivity index (χ1) is 13.5. The Hall–Kier alpha value is -3.26. The number of nitro benzene ring substituents is 1. The Labute approximate surface area is 165 Å². The van der Waals surface area contributed by atoms with Gasteiger partial charge in [-0.2, -0.15) is 0 Å². The lowest BCUT2D eigenvalue weighted by Gasteiger charge is -2.12. The molecule has 0 fully saturated rings. The van der Waals surface area contributed by atoms with Crippen LogP contribution in [0.5, 0.6) is 0 Å². The van der Waals surface area contributed by atoms with Crippen LogP contribution < -0.4 is 0 Å². The second kappa shape index (κ2) is 8.62. The Bertz CT molecular complexity index is 1030. The molecule has 142 valence electrons. The van der Waals surface area contributed by atoms with Crippen LogP contribution in [-0.4, -0.2) is 27.5 Å². The van der Waals surface area contributed by atoms with E-state index in [9.17, 15) is 14.9 Å². The summed E-state index contributed by atoms with van der Waals surface area (Å²) in [6, 6.07) is 15.7. The highest BCUT2D eigenvalue weighted by atomic mass is 32.2. The van der Waals surface area contributed by atoms with E-state index in [0.29, 0.717) is 21.4 Å². The van der Waals surface area contributed by atoms with Gasteiger partial charge in [0.1, 0.15) is 10.6 Å². The fourth-order valence-corrected chi connectivity index (χ4v) is 3.64. The molecule has 2 aromatic carbocycles. The van der Waals surface area contributed by atoms with Gasteiger partial charge in [-0.3, -0.25) is 10.1 Å². The van der Waals surface area contributed by atoms with Gasteiger partial charge in [0.15, 0.2) is 5.82 Å². The number of ether oxygens (including phenoxy) is 1. The second-order valence-electron chi connectivity index (χ2n) is 5.73. The number of hydrogen-bond acceptors (Lipinski definition) is 7. The SMILES string of the molecule is CCOC(=O)c1c(C)nc(-c2ccccc2)nc1Sc1ccccc1[N+](=O)[O-]. The van der Waals surface area contributed by atoms with E-state index >= 15 is 0 Å². The van der Waals surface area contributed by atoms with Crippen LogP contribution in [0.4, 0.5) is 5.69 Å². The molecule has 0 saturated heterocycles. The number of benzene rings is 2. The van der Waals surface area contributed by atoms with Gasteiger partial charge in [-0.15, -0.1) is 0 Å². The molecule has 0 bridgehead atoms. The number of nitrogens with zero attached hydrogens (tertiary/aromatic N) is 3. The maximum absolute atomic E-state index is 12.5. The number of hydrogen-bond donors (Lipinski definition) is 0. The zero-order chi connectivity index (χ0) is 20.1. The minimum absolute atomic E-state index is 0.0557. The molecule has 0 N–H and O–H groups in total. The summed E-state index contributed by atoms with van der Waals surface area (Å²) in [4.78, 5) is 32.8. The largest absolute Gasteiger partial charge is 0.462 e. The Morgan fingerprint density at radius 3 is 2.46 bits per heavy atom. The van der Waals surface area contributed by atoms with E-state index in [2.05, 4.69) is 9.97 Å². The summed E-state index contributed by atoms with van der Waals surface area (Å²) < 4.78 is 5.14. The highest BCUT2D eigenvalue weighted by Gasteiger charge is 2.24. The zero-order valence-electron chi connectivity index (χ0n) is 15.3. The molecular weight excluding hydrogens is 378 g/mol. The molecule has 0 aliphatic heterocycles. The van der Waals surface area contributed by atoms with Crippen molar-refractivity contribution >= 4 is 23.4 Å². The fraction of sp³-hybridized carbons (Fsp3) is 0.150. The molecule has 1 heterocycles. The number of rotatable bonds is 6. The number of aromatic nitrogens is 2. The summed E-state index contributed by atoms with van der Waals surface area (Å²) in [6.07, 6.45) is 0. The first-order valence-electron chi connectivity index (χ1n) is 8.53. The van der Waals surface area contributed by atoms with E-state index in [-0.39, 0.29) is 17.9 Å². The summed E-state index contributed by atoms with van der Waals surface area (Å²) in [5, 5.41) is 11.7. The van der Waals surface area contributed by atoms with Crippen molar-refractivity contribution in [3.8, 4) is 11.4 Å². The van der Waals surface area contributed by atoms with Crippen LogP contribution in [0.25, 0.3) is 11.4 Å². The van der Waals surface area contributed by atoms with Crippen molar-refractivity contribution in [2.45, 2.75) is 23.8 Å². The van der Waals surface area contributed by atoms with Crippen molar-refractivity contribution in [2.75, 3.05) is 6.61 Å². The summed E-state index contributed by atoms with van der Waals surface area (Å²) in [5.74, 6) is -0.118. The van der Waals surface area contributed by atoms with Gasteiger partial charge in [0, 0.05) is 11.6 Å². The summed E-state index contributed by atoms with van der Waals surface area (Å²) >= 11 is 1.05. The van der Waals surface area contributed by atoms with Gasteiger partial charge in [-0.05, 0) is 19.9 Å². The zero-order valence-corrected chi connectivity index (χ0v) is 16.1. The molecule has 0 atom stereocenters. The van der Waals surface area contributed by atoms with Crippen LogP contribution in [0.15, 0.2) is 64.5 Å². The topological polar surface area (TPSA) is 95.2 Å². The van der Waals surface area contributed by atoms with Gasteiger partial charge >= 0.3 is 5.97 Å². The van der Waals surface area contributed by atoms with Crippen LogP contribution in [0, 0.1) is 17.0 Å². The average Bonchev–Trinajstić information content (AvgIpc) is 2.68. The molecule has 0 radical (unpaired) electrons. The Morgan fingerprint density at radius 1 is 1.11 bits per heavy atom. The van der Waals surface area contributed by atoms with E-state index < -0.39 is 10.9 Å². The molecule has 1 aromatic heterocycles. The van der Waals surface area contributed by atoms with Crippen molar-refractivity contribution < 1.29 is 14.5 Å². The quantitative estimate of drug-likeness (QED) is 0.259. The van der Waals surface area contributed by atoms with Crippen LogP contribution in [0.1, 0.15) is 23.0 Å². The first-order valence-corrected chi connectivity index (χ1v) is 9.35. The summed E-state index contributed by atoms with van der Waals surface area (Å²) in [6.45, 7) is 3.61. The Morgan fingerprint density at radius 2 is 1.79 bits per heavy atom. The maximum atomic E-state index is 12.5. The highest BCUT2D eigenvalue weighted by molar-refractivity contribution is 7.99. The van der Waals surface area contributed by atoms with Gasteiger partial charge in [-0.25, -0.2) is 14.8 Å². The van der Waals surface area contributed by atoms with Crippen LogP contribution in [-0.2, 0) is 4.74 Å². The third kappa shape index (κ3) is 4.17. The fourth-order valence-electron chi connectivity index (χ4n) is 2.57. The Balaban J connectivity index is 2.15. The van der Waals surface area contributed by atoms with Gasteiger partial charge < -0.3 is 4.74 Å². The molecule has 0 unspecified atom stereocenters. The molecule has 0 amide bonds. The highest BCUT2D eigenvalue weighted by Crippen LogP contribution is 2.37. The van der Waals surface area contributed by atoms with Crippen LogP contribution in [0.3, 0.4) is 0 Å². The van der Waals surface area contributed by atoms with Crippen molar-refractivity contribution in [1.82, 2.24) is 9.97 Å². The van der Waals surface area contributed by atoms with Crippen molar-refractivity contribution in [3.63, 3.8) is 0 Å². The molecule has 28 heavy (non-hydrogen) atoms. The van der Waals surface area contributed by atoms with E-state index in [1.54, 1.807) is 32.0 Å². The molecule has 8 heteroatoms. The molecular formula is C20H17N3O4S. The predicted molar refractivity (Wildman–Crippen MR) is 105 cm³/mol. The minimum atomic E-state index is -0.555. The van der Waals surface area contributed by atoms with Gasteiger partial charge in [0.05, 0.1) is 22.1 Å². The monoisotopic (exact) mass is 395 g/mol. The van der Waals surface area contributed by atoms with Crippen molar-refractivity contribution in [3.05, 3.63) is 76.0 Å². The standard InChI is InChI=1S/C20H17N3O4S/c1-3-27-20(24)17-13(2)21-18(14-9-5-4-6-10-14)22-19(17)28-16-12-8-7-11-15(16)23(25)26/h4-12H,3H2,1-2H3. The summed E-state index contributed by atoms with van der Waals surface area (Å²) in [7, 11) is 0. The van der Waals surface area contributed by atoms with Gasteiger partial charge in [-0.1, -0.05) is 54.2 Å². The van der Waals surface area contributed by atoms with E-state index in [1.807, 2.05) is 30.3 Å². The third-order valence-corrected chi connectivity index (χ3v) is 4.89. The van der Waals surface area contributed by atoms with E-state index in [0.717, 1.165) is 17.3 Å². The maximum Gasteiger partial charge on any atom is 0.342 e. The second-order valence-corrected chi connectivity index (χ2v) is 6.76. The third-order valence-electron chi connectivity index (χ3n) is 3.84. The van der Waals surface area contributed by atoms with E-state index in [1.165, 1.54) is 6.07 Å². The van der Waals surface area contributed by atoms with E-state index in [4.69, 9.17) is 4.74 Å². The first kappa shape index (κ1) is 19.5. The molecule has 3 rings (SSSR count). The number of carbonyl (C=O) groups excluding carboxylic acids is 1. The smallest absolute Gasteiger partial charge is 0.342 e. The number of esters is 1. The predicted octanol–water partition coefficient (Wildman–Crippen LogP) is 4.69. The van der Waals surface area contributed by atoms with Crippen molar-refractivity contribution in [1.29, 1.82) is 0 Å². The van der Waals surface area contributed by atoms with Gasteiger partial charge in [0.25, 0.3) is 5.69 Å². The molecule has 0 aliphatic carbocycles. The molecule has 0 saturated carbocycles.